The number of thiocarbonyl (C=S) groups is 1. The maximum atomic E-state index is 13.2. The van der Waals surface area contributed by atoms with Gasteiger partial charge in [-0.15, -0.1) is 0 Å². The number of aromatic nitrogens is 1. The van der Waals surface area contributed by atoms with Gasteiger partial charge in [-0.25, -0.2) is 4.98 Å². The Morgan fingerprint density at radius 2 is 1.95 bits per heavy atom. The molecule has 0 unspecified atom stereocenters. The molecule has 1 fully saturated rings. The summed E-state index contributed by atoms with van der Waals surface area (Å²) in [5.74, 6) is 0.402. The van der Waals surface area contributed by atoms with E-state index in [4.69, 9.17) is 33.3 Å². The predicted molar refractivity (Wildman–Crippen MR) is 157 cm³/mol. The van der Waals surface area contributed by atoms with E-state index in [0.717, 1.165) is 22.0 Å². The van der Waals surface area contributed by atoms with Crippen molar-refractivity contribution in [1.82, 2.24) is 9.99 Å². The molecule has 38 heavy (non-hydrogen) atoms. The SMILES string of the molecule is COc1ccc(NC(=O)COc2ccc(Cl)cc2/C=C2\SC(=S)N(Nc3nc4ccccc4s3)C2=O)cc1. The lowest BCUT2D eigenvalue weighted by molar-refractivity contribution is -0.121. The van der Waals surface area contributed by atoms with Crippen molar-refractivity contribution < 1.29 is 19.1 Å². The largest absolute Gasteiger partial charge is 0.497 e. The number of thiazole rings is 1. The first-order chi connectivity index (χ1) is 18.4. The number of rotatable bonds is 8. The number of para-hydroxylation sites is 1. The molecule has 8 nitrogen and oxygen atoms in total. The zero-order valence-corrected chi connectivity index (χ0v) is 23.0. The van der Waals surface area contributed by atoms with Crippen molar-refractivity contribution in [3.63, 3.8) is 0 Å². The van der Waals surface area contributed by atoms with Crippen LogP contribution >= 0.6 is 46.9 Å². The molecule has 0 atom stereocenters. The van der Waals surface area contributed by atoms with Crippen molar-refractivity contribution in [3.8, 4) is 11.5 Å². The van der Waals surface area contributed by atoms with E-state index >= 15 is 0 Å². The number of methoxy groups -OCH3 is 1. The third kappa shape index (κ3) is 5.91. The summed E-state index contributed by atoms with van der Waals surface area (Å²) >= 11 is 14.2. The summed E-state index contributed by atoms with van der Waals surface area (Å²) in [5, 5.41) is 5.06. The number of anilines is 2. The first-order valence-electron chi connectivity index (χ1n) is 11.2. The van der Waals surface area contributed by atoms with Gasteiger partial charge < -0.3 is 14.8 Å². The van der Waals surface area contributed by atoms with Crippen molar-refractivity contribution in [3.05, 3.63) is 82.2 Å². The second-order valence-corrected chi connectivity index (χ2v) is 11.0. The molecule has 1 aliphatic rings. The van der Waals surface area contributed by atoms with Gasteiger partial charge in [0.15, 0.2) is 10.9 Å². The van der Waals surface area contributed by atoms with Gasteiger partial charge in [-0.1, -0.05) is 46.8 Å². The van der Waals surface area contributed by atoms with Crippen LogP contribution in [0.3, 0.4) is 0 Å². The molecule has 12 heteroatoms. The Labute approximate surface area is 236 Å². The van der Waals surface area contributed by atoms with E-state index in [1.807, 2.05) is 24.3 Å². The summed E-state index contributed by atoms with van der Waals surface area (Å²) in [4.78, 5) is 30.5. The summed E-state index contributed by atoms with van der Waals surface area (Å²) in [6.45, 7) is -0.241. The molecule has 192 valence electrons. The zero-order chi connectivity index (χ0) is 26.6. The van der Waals surface area contributed by atoms with Crippen molar-refractivity contribution in [1.29, 1.82) is 0 Å². The van der Waals surface area contributed by atoms with Crippen LogP contribution in [0.4, 0.5) is 10.8 Å². The first-order valence-corrected chi connectivity index (χ1v) is 13.6. The molecule has 5 rings (SSSR count). The number of benzene rings is 3. The van der Waals surface area contributed by atoms with Crippen LogP contribution < -0.4 is 20.2 Å². The number of hydrogen-bond acceptors (Lipinski definition) is 9. The Kier molecular flexibility index (Phi) is 7.79. The van der Waals surface area contributed by atoms with Crippen LogP contribution in [0.5, 0.6) is 11.5 Å². The lowest BCUT2D eigenvalue weighted by Crippen LogP contribution is -2.33. The van der Waals surface area contributed by atoms with Gasteiger partial charge in [0.1, 0.15) is 11.5 Å². The Hall–Kier alpha value is -3.64. The average molecular weight is 583 g/mol. The lowest BCUT2D eigenvalue weighted by atomic mass is 10.2. The normalized spacial score (nSPS) is 14.3. The van der Waals surface area contributed by atoms with Gasteiger partial charge in [-0.05, 0) is 72.9 Å². The van der Waals surface area contributed by atoms with Crippen molar-refractivity contribution >= 4 is 90.2 Å². The van der Waals surface area contributed by atoms with E-state index in [1.54, 1.807) is 55.7 Å². The monoisotopic (exact) mass is 582 g/mol. The lowest BCUT2D eigenvalue weighted by Gasteiger charge is -2.14. The number of carbonyl (C=O) groups is 2. The molecule has 2 N–H and O–H groups in total. The maximum Gasteiger partial charge on any atom is 0.285 e. The number of nitrogens with one attached hydrogen (secondary N) is 2. The van der Waals surface area contributed by atoms with Crippen LogP contribution in [0, 0.1) is 0 Å². The molecule has 0 spiro atoms. The molecular formula is C26H19ClN4O4S3. The fourth-order valence-electron chi connectivity index (χ4n) is 3.50. The Morgan fingerprint density at radius 1 is 1.16 bits per heavy atom. The average Bonchev–Trinajstić information content (AvgIpc) is 3.44. The number of fused-ring (bicyclic) bond motifs is 1. The Morgan fingerprint density at radius 3 is 2.71 bits per heavy atom. The highest BCUT2D eigenvalue weighted by Gasteiger charge is 2.33. The highest BCUT2D eigenvalue weighted by atomic mass is 35.5. The molecule has 1 aliphatic heterocycles. The summed E-state index contributed by atoms with van der Waals surface area (Å²) in [6.07, 6.45) is 1.64. The van der Waals surface area contributed by atoms with Gasteiger partial charge in [0.2, 0.25) is 5.13 Å². The summed E-state index contributed by atoms with van der Waals surface area (Å²) in [5.41, 5.74) is 4.99. The number of hydrogen-bond donors (Lipinski definition) is 2. The Balaban J connectivity index is 1.28. The van der Waals surface area contributed by atoms with Crippen LogP contribution in [0.25, 0.3) is 16.3 Å². The summed E-state index contributed by atoms with van der Waals surface area (Å²) in [6, 6.07) is 19.6. The molecule has 2 heterocycles. The molecule has 4 aromatic rings. The van der Waals surface area contributed by atoms with Crippen LogP contribution in [-0.2, 0) is 9.59 Å². The molecule has 0 bridgehead atoms. The fourth-order valence-corrected chi connectivity index (χ4v) is 5.70. The van der Waals surface area contributed by atoms with Gasteiger partial charge in [-0.3, -0.25) is 15.0 Å². The number of halogens is 1. The van der Waals surface area contributed by atoms with Crippen molar-refractivity contribution in [2.75, 3.05) is 24.5 Å². The van der Waals surface area contributed by atoms with E-state index in [9.17, 15) is 9.59 Å². The number of thioether (sulfide) groups is 1. The number of carbonyl (C=O) groups excluding carboxylic acids is 2. The molecule has 0 aliphatic carbocycles. The smallest absolute Gasteiger partial charge is 0.285 e. The van der Waals surface area contributed by atoms with Gasteiger partial charge in [0.05, 0.1) is 22.2 Å². The minimum Gasteiger partial charge on any atom is -0.497 e. The third-order valence-electron chi connectivity index (χ3n) is 5.29. The second kappa shape index (κ2) is 11.4. The molecule has 0 saturated carbocycles. The van der Waals surface area contributed by atoms with Gasteiger partial charge >= 0.3 is 0 Å². The first kappa shape index (κ1) is 26.0. The number of hydrazine groups is 1. The molecule has 1 aromatic heterocycles. The van der Waals surface area contributed by atoms with E-state index in [-0.39, 0.29) is 18.4 Å². The van der Waals surface area contributed by atoms with Crippen LogP contribution in [0.15, 0.2) is 71.6 Å². The molecule has 0 radical (unpaired) electrons. The molecule has 1 saturated heterocycles. The van der Waals surface area contributed by atoms with Gasteiger partial charge in [-0.2, -0.15) is 5.01 Å². The fraction of sp³-hybridized carbons (Fsp3) is 0.0769. The quantitative estimate of drug-likeness (QED) is 0.187. The topological polar surface area (TPSA) is 92.8 Å². The molecule has 3 aromatic carbocycles. The summed E-state index contributed by atoms with van der Waals surface area (Å²) < 4.78 is 12.2. The number of amides is 2. The highest BCUT2D eigenvalue weighted by molar-refractivity contribution is 8.26. The maximum absolute atomic E-state index is 13.2. The Bertz CT molecular complexity index is 1540. The number of ether oxygens (including phenoxy) is 2. The van der Waals surface area contributed by atoms with E-state index in [1.165, 1.54) is 16.3 Å². The van der Waals surface area contributed by atoms with Crippen molar-refractivity contribution in [2.24, 2.45) is 0 Å². The number of nitrogens with zero attached hydrogens (tertiary/aromatic N) is 2. The predicted octanol–water partition coefficient (Wildman–Crippen LogP) is 6.20. The van der Waals surface area contributed by atoms with E-state index < -0.39 is 0 Å². The van der Waals surface area contributed by atoms with Gasteiger partial charge in [0, 0.05) is 16.3 Å². The van der Waals surface area contributed by atoms with Gasteiger partial charge in [0.25, 0.3) is 11.8 Å². The van der Waals surface area contributed by atoms with E-state index in [2.05, 4.69) is 15.7 Å². The standard InChI is InChI=1S/C26H19ClN4O4S3/c1-34-18-9-7-17(8-10-18)28-23(32)14-35-20-11-6-16(27)12-15(20)13-22-24(33)31(26(36)38-22)30-25-29-19-4-2-3-5-21(19)37-25/h2-13H,14H2,1H3,(H,28,32)(H,29,30)/b22-13-. The summed E-state index contributed by atoms with van der Waals surface area (Å²) in [7, 11) is 1.57. The third-order valence-corrected chi connectivity index (χ3v) is 7.76. The van der Waals surface area contributed by atoms with E-state index in [0.29, 0.717) is 42.1 Å². The van der Waals surface area contributed by atoms with Crippen molar-refractivity contribution in [2.45, 2.75) is 0 Å². The molecular weight excluding hydrogens is 564 g/mol. The minimum absolute atomic E-state index is 0.241. The second-order valence-electron chi connectivity index (χ2n) is 7.86. The zero-order valence-electron chi connectivity index (χ0n) is 19.8. The van der Waals surface area contributed by atoms with Crippen LogP contribution in [0.2, 0.25) is 5.02 Å². The highest BCUT2D eigenvalue weighted by Crippen LogP contribution is 2.36. The molecule has 2 amide bonds. The van der Waals surface area contributed by atoms with Crippen LogP contribution in [-0.4, -0.2) is 39.8 Å². The minimum atomic E-state index is -0.345. The van der Waals surface area contributed by atoms with Crippen LogP contribution in [0.1, 0.15) is 5.56 Å².